The highest BCUT2D eigenvalue weighted by molar-refractivity contribution is 5.50. The molecule has 1 aromatic carbocycles. The number of hydrogen-bond acceptors (Lipinski definition) is 3. The lowest BCUT2D eigenvalue weighted by atomic mass is 10.2. The molecule has 0 atom stereocenters. The summed E-state index contributed by atoms with van der Waals surface area (Å²) in [5, 5.41) is 7.50. The van der Waals surface area contributed by atoms with E-state index in [4.69, 9.17) is 0 Å². The number of nitrogens with one attached hydrogen (secondary N) is 1. The third kappa shape index (κ3) is 2.21. The summed E-state index contributed by atoms with van der Waals surface area (Å²) < 4.78 is 1.89. The van der Waals surface area contributed by atoms with Gasteiger partial charge in [0.25, 0.3) is 0 Å². The molecule has 0 aliphatic carbocycles. The van der Waals surface area contributed by atoms with Gasteiger partial charge in [0.05, 0.1) is 6.54 Å². The van der Waals surface area contributed by atoms with Gasteiger partial charge >= 0.3 is 0 Å². The van der Waals surface area contributed by atoms with Crippen molar-refractivity contribution in [3.05, 3.63) is 42.0 Å². The van der Waals surface area contributed by atoms with Gasteiger partial charge in [-0.1, -0.05) is 18.2 Å². The summed E-state index contributed by atoms with van der Waals surface area (Å²) in [7, 11) is 0. The van der Waals surface area contributed by atoms with E-state index in [-0.39, 0.29) is 0 Å². The Hall–Kier alpha value is -1.84. The molecule has 0 aliphatic heterocycles. The quantitative estimate of drug-likeness (QED) is 0.852. The number of aromatic nitrogens is 3. The van der Waals surface area contributed by atoms with Crippen molar-refractivity contribution in [2.75, 3.05) is 5.32 Å². The van der Waals surface area contributed by atoms with Crippen LogP contribution >= 0.6 is 0 Å². The summed E-state index contributed by atoms with van der Waals surface area (Å²) in [4.78, 5) is 4.22. The second-order valence-corrected chi connectivity index (χ2v) is 3.66. The molecule has 0 saturated heterocycles. The molecule has 2 rings (SSSR count). The second-order valence-electron chi connectivity index (χ2n) is 3.66. The highest BCUT2D eigenvalue weighted by Gasteiger charge is 2.02. The monoisotopic (exact) mass is 216 g/mol. The van der Waals surface area contributed by atoms with E-state index in [1.807, 2.05) is 16.8 Å². The zero-order valence-corrected chi connectivity index (χ0v) is 9.64. The number of para-hydroxylation sites is 1. The van der Waals surface area contributed by atoms with Crippen LogP contribution < -0.4 is 5.32 Å². The minimum Gasteiger partial charge on any atom is -0.378 e. The maximum atomic E-state index is 4.22. The van der Waals surface area contributed by atoms with E-state index in [0.717, 1.165) is 18.1 Å². The lowest BCUT2D eigenvalue weighted by molar-refractivity contribution is 0.622. The third-order valence-corrected chi connectivity index (χ3v) is 2.58. The van der Waals surface area contributed by atoms with Crippen LogP contribution in [0.5, 0.6) is 0 Å². The fourth-order valence-electron chi connectivity index (χ4n) is 1.63. The van der Waals surface area contributed by atoms with Crippen LogP contribution in [0.2, 0.25) is 0 Å². The SMILES string of the molecule is CCn1ncnc1CNc1ccccc1C. The fourth-order valence-corrected chi connectivity index (χ4v) is 1.63. The molecule has 0 amide bonds. The highest BCUT2D eigenvalue weighted by atomic mass is 15.3. The van der Waals surface area contributed by atoms with Crippen molar-refractivity contribution in [1.82, 2.24) is 14.8 Å². The molecule has 1 heterocycles. The van der Waals surface area contributed by atoms with Crippen molar-refractivity contribution >= 4 is 5.69 Å². The van der Waals surface area contributed by atoms with Crippen molar-refractivity contribution in [2.24, 2.45) is 0 Å². The van der Waals surface area contributed by atoms with Crippen LogP contribution in [0.15, 0.2) is 30.6 Å². The molecule has 16 heavy (non-hydrogen) atoms. The molecule has 0 saturated carbocycles. The molecule has 0 radical (unpaired) electrons. The molecular weight excluding hydrogens is 200 g/mol. The summed E-state index contributed by atoms with van der Waals surface area (Å²) in [5.74, 6) is 0.964. The van der Waals surface area contributed by atoms with Crippen LogP contribution in [0.25, 0.3) is 0 Å². The molecular formula is C12H16N4. The molecule has 0 fully saturated rings. The minimum atomic E-state index is 0.707. The molecule has 84 valence electrons. The van der Waals surface area contributed by atoms with Gasteiger partial charge in [0.15, 0.2) is 0 Å². The van der Waals surface area contributed by atoms with Crippen LogP contribution in [-0.4, -0.2) is 14.8 Å². The Bertz CT molecular complexity index is 462. The van der Waals surface area contributed by atoms with Gasteiger partial charge in [0.1, 0.15) is 12.2 Å². The number of aryl methyl sites for hydroxylation is 2. The van der Waals surface area contributed by atoms with Crippen LogP contribution in [0, 0.1) is 6.92 Å². The first-order chi connectivity index (χ1) is 7.81. The molecule has 0 spiro atoms. The Morgan fingerprint density at radius 2 is 2.12 bits per heavy atom. The Morgan fingerprint density at radius 1 is 1.31 bits per heavy atom. The van der Waals surface area contributed by atoms with Gasteiger partial charge in [-0.3, -0.25) is 0 Å². The number of rotatable bonds is 4. The predicted octanol–water partition coefficient (Wildman–Crippen LogP) is 2.22. The Labute approximate surface area is 95.3 Å². The number of nitrogens with zero attached hydrogens (tertiary/aromatic N) is 3. The lowest BCUT2D eigenvalue weighted by Crippen LogP contribution is -2.09. The van der Waals surface area contributed by atoms with Crippen molar-refractivity contribution in [2.45, 2.75) is 26.9 Å². The van der Waals surface area contributed by atoms with E-state index < -0.39 is 0 Å². The largest absolute Gasteiger partial charge is 0.378 e. The first-order valence-corrected chi connectivity index (χ1v) is 5.47. The summed E-state index contributed by atoms with van der Waals surface area (Å²) in [6.07, 6.45) is 1.60. The first kappa shape index (κ1) is 10.7. The second kappa shape index (κ2) is 4.79. The van der Waals surface area contributed by atoms with Crippen LogP contribution in [-0.2, 0) is 13.1 Å². The highest BCUT2D eigenvalue weighted by Crippen LogP contribution is 2.13. The van der Waals surface area contributed by atoms with Crippen LogP contribution in [0.1, 0.15) is 18.3 Å². The van der Waals surface area contributed by atoms with Crippen LogP contribution in [0.3, 0.4) is 0 Å². The van der Waals surface area contributed by atoms with E-state index in [2.05, 4.69) is 41.4 Å². The molecule has 1 aromatic heterocycles. The Kier molecular flexibility index (Phi) is 3.19. The fraction of sp³-hybridized carbons (Fsp3) is 0.333. The molecule has 0 aliphatic rings. The zero-order chi connectivity index (χ0) is 11.4. The standard InChI is InChI=1S/C12H16N4/c1-3-16-12(14-9-15-16)8-13-11-7-5-4-6-10(11)2/h4-7,9,13H,3,8H2,1-2H3. The summed E-state index contributed by atoms with van der Waals surface area (Å²) in [6.45, 7) is 5.71. The van der Waals surface area contributed by atoms with E-state index >= 15 is 0 Å². The summed E-state index contributed by atoms with van der Waals surface area (Å²) in [6, 6.07) is 8.23. The zero-order valence-electron chi connectivity index (χ0n) is 9.64. The van der Waals surface area contributed by atoms with Crippen LogP contribution in [0.4, 0.5) is 5.69 Å². The topological polar surface area (TPSA) is 42.7 Å². The van der Waals surface area contributed by atoms with Gasteiger partial charge in [-0.05, 0) is 25.5 Å². The van der Waals surface area contributed by atoms with Gasteiger partial charge < -0.3 is 5.32 Å². The predicted molar refractivity (Wildman–Crippen MR) is 64.2 cm³/mol. The normalized spacial score (nSPS) is 10.4. The number of hydrogen-bond donors (Lipinski definition) is 1. The summed E-state index contributed by atoms with van der Waals surface area (Å²) >= 11 is 0. The Morgan fingerprint density at radius 3 is 2.88 bits per heavy atom. The number of anilines is 1. The summed E-state index contributed by atoms with van der Waals surface area (Å²) in [5.41, 5.74) is 2.39. The van der Waals surface area contributed by atoms with E-state index in [9.17, 15) is 0 Å². The van der Waals surface area contributed by atoms with E-state index in [1.54, 1.807) is 6.33 Å². The Balaban J connectivity index is 2.05. The molecule has 0 unspecified atom stereocenters. The molecule has 4 heteroatoms. The molecule has 4 nitrogen and oxygen atoms in total. The van der Waals surface area contributed by atoms with Crippen molar-refractivity contribution in [3.8, 4) is 0 Å². The van der Waals surface area contributed by atoms with Gasteiger partial charge in [-0.15, -0.1) is 0 Å². The smallest absolute Gasteiger partial charge is 0.146 e. The van der Waals surface area contributed by atoms with Gasteiger partial charge in [0, 0.05) is 12.2 Å². The lowest BCUT2D eigenvalue weighted by Gasteiger charge is -2.09. The van der Waals surface area contributed by atoms with Gasteiger partial charge in [-0.25, -0.2) is 9.67 Å². The molecule has 1 N–H and O–H groups in total. The van der Waals surface area contributed by atoms with Gasteiger partial charge in [0.2, 0.25) is 0 Å². The van der Waals surface area contributed by atoms with Gasteiger partial charge in [-0.2, -0.15) is 5.10 Å². The maximum Gasteiger partial charge on any atom is 0.146 e. The van der Waals surface area contributed by atoms with E-state index in [1.165, 1.54) is 5.56 Å². The van der Waals surface area contributed by atoms with Crippen molar-refractivity contribution in [1.29, 1.82) is 0 Å². The first-order valence-electron chi connectivity index (χ1n) is 5.47. The minimum absolute atomic E-state index is 0.707. The third-order valence-electron chi connectivity index (χ3n) is 2.58. The maximum absolute atomic E-state index is 4.22. The van der Waals surface area contributed by atoms with Crippen molar-refractivity contribution in [3.63, 3.8) is 0 Å². The van der Waals surface area contributed by atoms with E-state index in [0.29, 0.717) is 6.54 Å². The molecule has 0 bridgehead atoms. The molecule has 2 aromatic rings. The number of benzene rings is 1. The average Bonchev–Trinajstić information content (AvgIpc) is 2.75. The van der Waals surface area contributed by atoms with Crippen molar-refractivity contribution < 1.29 is 0 Å². The average molecular weight is 216 g/mol.